The molecule has 1 fully saturated rings. The Balaban J connectivity index is 1.96. The van der Waals surface area contributed by atoms with E-state index in [1.807, 2.05) is 6.92 Å². The Labute approximate surface area is 183 Å². The molecule has 31 heavy (non-hydrogen) atoms. The maximum absolute atomic E-state index is 13.3. The van der Waals surface area contributed by atoms with Gasteiger partial charge in [-0.1, -0.05) is 6.92 Å². The van der Waals surface area contributed by atoms with Crippen molar-refractivity contribution in [1.29, 1.82) is 0 Å². The molecule has 1 saturated carbocycles. The minimum Gasteiger partial charge on any atom is -0.488 e. The van der Waals surface area contributed by atoms with Gasteiger partial charge in [0.05, 0.1) is 31.0 Å². The molecule has 3 atom stereocenters. The largest absolute Gasteiger partial charge is 0.488 e. The number of hydrogen-bond acceptors (Lipinski definition) is 6. The van der Waals surface area contributed by atoms with Crippen LogP contribution in [0.25, 0.3) is 0 Å². The molecule has 2 N–H and O–H groups in total. The molecule has 0 bridgehead atoms. The van der Waals surface area contributed by atoms with Gasteiger partial charge < -0.3 is 20.1 Å². The van der Waals surface area contributed by atoms with Gasteiger partial charge in [0.1, 0.15) is 11.9 Å². The number of nitrogens with zero attached hydrogens (tertiary/aromatic N) is 2. The van der Waals surface area contributed by atoms with Crippen molar-refractivity contribution in [3.63, 3.8) is 0 Å². The number of hydrogen-bond donors (Lipinski definition) is 2. The lowest BCUT2D eigenvalue weighted by atomic mass is 9.99. The van der Waals surface area contributed by atoms with E-state index in [1.54, 1.807) is 30.0 Å². The first kappa shape index (κ1) is 23.5. The maximum atomic E-state index is 13.3. The number of likely N-dealkylation sites (N-methyl/N-ethyl adjacent to an activating group) is 1. The SMILES string of the molecule is C[C@@H]1CN([C@H](C)CO)C(=O)c2cc(NC(=O)C3CC3)ccc2O[C@@H]1CN(C)S(C)(=O)=O. The van der Waals surface area contributed by atoms with Crippen LogP contribution in [0, 0.1) is 11.8 Å². The van der Waals surface area contributed by atoms with Crippen molar-refractivity contribution in [3.8, 4) is 5.75 Å². The van der Waals surface area contributed by atoms with Crippen LogP contribution in [0.15, 0.2) is 18.2 Å². The van der Waals surface area contributed by atoms with Crippen LogP contribution in [0.1, 0.15) is 37.0 Å². The number of carbonyl (C=O) groups excluding carboxylic acids is 2. The summed E-state index contributed by atoms with van der Waals surface area (Å²) in [7, 11) is -1.92. The Kier molecular flexibility index (Phi) is 6.92. The predicted octanol–water partition coefficient (Wildman–Crippen LogP) is 1.15. The molecule has 0 spiro atoms. The Bertz CT molecular complexity index is 946. The second-order valence-corrected chi connectivity index (χ2v) is 10.7. The van der Waals surface area contributed by atoms with Crippen LogP contribution in [0.2, 0.25) is 0 Å². The third-order valence-electron chi connectivity index (χ3n) is 5.88. The molecule has 2 amide bonds. The number of fused-ring (bicyclic) bond motifs is 1. The molecule has 3 rings (SSSR count). The fourth-order valence-corrected chi connectivity index (χ4v) is 3.91. The van der Waals surface area contributed by atoms with E-state index >= 15 is 0 Å². The molecule has 1 aliphatic heterocycles. The quantitative estimate of drug-likeness (QED) is 0.640. The van der Waals surface area contributed by atoms with E-state index in [4.69, 9.17) is 4.74 Å². The highest BCUT2D eigenvalue weighted by Gasteiger charge is 2.35. The Morgan fingerprint density at radius 1 is 1.39 bits per heavy atom. The number of rotatable bonds is 7. The summed E-state index contributed by atoms with van der Waals surface area (Å²) in [5.74, 6) is -0.217. The number of carbonyl (C=O) groups is 2. The van der Waals surface area contributed by atoms with Crippen LogP contribution >= 0.6 is 0 Å². The Morgan fingerprint density at radius 3 is 2.65 bits per heavy atom. The van der Waals surface area contributed by atoms with Crippen molar-refractivity contribution in [2.24, 2.45) is 11.8 Å². The fourth-order valence-electron chi connectivity index (χ4n) is 3.50. The lowest BCUT2D eigenvalue weighted by Crippen LogP contribution is -2.50. The number of benzene rings is 1. The average molecular weight is 454 g/mol. The van der Waals surface area contributed by atoms with Gasteiger partial charge in [-0.3, -0.25) is 9.59 Å². The summed E-state index contributed by atoms with van der Waals surface area (Å²) >= 11 is 0. The van der Waals surface area contributed by atoms with Crippen LogP contribution in [0.3, 0.4) is 0 Å². The van der Waals surface area contributed by atoms with Crippen LogP contribution < -0.4 is 10.1 Å². The maximum Gasteiger partial charge on any atom is 0.258 e. The van der Waals surface area contributed by atoms with Gasteiger partial charge in [0, 0.05) is 31.1 Å². The topological polar surface area (TPSA) is 116 Å². The number of sulfonamides is 1. The highest BCUT2D eigenvalue weighted by atomic mass is 32.2. The summed E-state index contributed by atoms with van der Waals surface area (Å²) in [5, 5.41) is 12.5. The minimum absolute atomic E-state index is 0.0247. The van der Waals surface area contributed by atoms with Crippen molar-refractivity contribution >= 4 is 27.5 Å². The van der Waals surface area contributed by atoms with E-state index in [0.29, 0.717) is 18.0 Å². The summed E-state index contributed by atoms with van der Waals surface area (Å²) in [6.45, 7) is 3.85. The molecule has 0 saturated heterocycles. The van der Waals surface area contributed by atoms with Gasteiger partial charge in [0.2, 0.25) is 15.9 Å². The van der Waals surface area contributed by atoms with Gasteiger partial charge in [0.25, 0.3) is 5.91 Å². The van der Waals surface area contributed by atoms with Crippen LogP contribution in [0.5, 0.6) is 5.75 Å². The number of anilines is 1. The highest BCUT2D eigenvalue weighted by molar-refractivity contribution is 7.88. The van der Waals surface area contributed by atoms with Gasteiger partial charge in [-0.2, -0.15) is 0 Å². The lowest BCUT2D eigenvalue weighted by Gasteiger charge is -2.38. The van der Waals surface area contributed by atoms with E-state index in [-0.39, 0.29) is 42.4 Å². The van der Waals surface area contributed by atoms with Crippen LogP contribution in [0.4, 0.5) is 5.69 Å². The molecule has 0 aromatic heterocycles. The zero-order valence-electron chi connectivity index (χ0n) is 18.4. The summed E-state index contributed by atoms with van der Waals surface area (Å²) in [6, 6.07) is 4.46. The summed E-state index contributed by atoms with van der Waals surface area (Å²) in [5.41, 5.74) is 0.774. The first-order valence-electron chi connectivity index (χ1n) is 10.5. The highest BCUT2D eigenvalue weighted by Crippen LogP contribution is 2.33. The van der Waals surface area contributed by atoms with Gasteiger partial charge in [-0.05, 0) is 38.0 Å². The smallest absolute Gasteiger partial charge is 0.258 e. The second kappa shape index (κ2) is 9.13. The van der Waals surface area contributed by atoms with Crippen LogP contribution in [-0.4, -0.2) is 79.7 Å². The Morgan fingerprint density at radius 2 is 2.06 bits per heavy atom. The Hall–Kier alpha value is -2.17. The van der Waals surface area contributed by atoms with E-state index in [0.717, 1.165) is 19.1 Å². The summed E-state index contributed by atoms with van der Waals surface area (Å²) in [6.07, 6.45) is 2.36. The van der Waals surface area contributed by atoms with Crippen LogP contribution in [-0.2, 0) is 14.8 Å². The zero-order valence-corrected chi connectivity index (χ0v) is 19.2. The molecule has 1 heterocycles. The molecule has 10 heteroatoms. The zero-order chi connectivity index (χ0) is 22.9. The average Bonchev–Trinajstić information content (AvgIpc) is 3.55. The molecule has 0 radical (unpaired) electrons. The normalized spacial score (nSPS) is 22.9. The molecule has 1 aliphatic carbocycles. The third-order valence-corrected chi connectivity index (χ3v) is 7.17. The lowest BCUT2D eigenvalue weighted by molar-refractivity contribution is -0.117. The van der Waals surface area contributed by atoms with E-state index < -0.39 is 22.2 Å². The number of aliphatic hydroxyl groups excluding tert-OH is 1. The summed E-state index contributed by atoms with van der Waals surface area (Å²) < 4.78 is 31.2. The third kappa shape index (κ3) is 5.55. The molecule has 0 unspecified atom stereocenters. The molecule has 1 aromatic rings. The van der Waals surface area contributed by atoms with Gasteiger partial charge >= 0.3 is 0 Å². The number of amides is 2. The molecule has 9 nitrogen and oxygen atoms in total. The van der Waals surface area contributed by atoms with Crippen molar-refractivity contribution in [2.45, 2.75) is 38.8 Å². The van der Waals surface area contributed by atoms with Gasteiger partial charge in [-0.15, -0.1) is 0 Å². The minimum atomic E-state index is -3.41. The monoisotopic (exact) mass is 453 g/mol. The van der Waals surface area contributed by atoms with Crippen molar-refractivity contribution in [3.05, 3.63) is 23.8 Å². The summed E-state index contributed by atoms with van der Waals surface area (Å²) in [4.78, 5) is 27.0. The molecule has 2 aliphatic rings. The number of ether oxygens (including phenoxy) is 1. The van der Waals surface area contributed by atoms with Crippen molar-refractivity contribution < 1.29 is 27.9 Å². The first-order chi connectivity index (χ1) is 14.5. The first-order valence-corrected chi connectivity index (χ1v) is 12.3. The van der Waals surface area contributed by atoms with Gasteiger partial charge in [-0.25, -0.2) is 12.7 Å². The van der Waals surface area contributed by atoms with Crippen molar-refractivity contribution in [2.75, 3.05) is 38.3 Å². The standard InChI is InChI=1S/C21H31N3O6S/c1-13-10-24(14(2)12-25)21(27)17-9-16(22-20(26)15-5-6-15)7-8-18(17)30-19(13)11-23(3)31(4,28)29/h7-9,13-15,19,25H,5-6,10-12H2,1-4H3,(H,22,26)/t13-,14-,19-/m1/s1. The van der Waals surface area contributed by atoms with E-state index in [9.17, 15) is 23.1 Å². The molecular formula is C21H31N3O6S. The van der Waals surface area contributed by atoms with Crippen molar-refractivity contribution in [1.82, 2.24) is 9.21 Å². The predicted molar refractivity (Wildman–Crippen MR) is 116 cm³/mol. The van der Waals surface area contributed by atoms with Gasteiger partial charge in [0.15, 0.2) is 0 Å². The second-order valence-electron chi connectivity index (χ2n) is 8.64. The fraction of sp³-hybridized carbons (Fsp3) is 0.619. The van der Waals surface area contributed by atoms with E-state index in [1.165, 1.54) is 11.4 Å². The molecular weight excluding hydrogens is 422 g/mol. The molecule has 172 valence electrons. The number of nitrogens with one attached hydrogen (secondary N) is 1. The molecule has 1 aromatic carbocycles. The number of aliphatic hydroxyl groups is 1. The van der Waals surface area contributed by atoms with E-state index in [2.05, 4.69) is 5.32 Å².